The summed E-state index contributed by atoms with van der Waals surface area (Å²) in [5, 5.41) is 0. The number of rotatable bonds is 1. The Balaban J connectivity index is 0.000000250. The van der Waals surface area contributed by atoms with Crippen LogP contribution in [0.4, 0.5) is 0 Å². The Labute approximate surface area is 116 Å². The fourth-order valence-electron chi connectivity index (χ4n) is 2.45. The van der Waals surface area contributed by atoms with Gasteiger partial charge >= 0.3 is 0 Å². The smallest absolute Gasteiger partial charge is 0.295 e. The summed E-state index contributed by atoms with van der Waals surface area (Å²) in [5.41, 5.74) is 2.16. The van der Waals surface area contributed by atoms with Gasteiger partial charge < -0.3 is 4.90 Å². The second-order valence-corrected chi connectivity index (χ2v) is 6.57. The van der Waals surface area contributed by atoms with Crippen LogP contribution in [0.2, 0.25) is 0 Å². The van der Waals surface area contributed by atoms with E-state index in [4.69, 9.17) is 4.55 Å². The van der Waals surface area contributed by atoms with E-state index in [9.17, 15) is 8.42 Å². The van der Waals surface area contributed by atoms with Crippen molar-refractivity contribution in [2.75, 3.05) is 20.1 Å². The van der Waals surface area contributed by atoms with Gasteiger partial charge in [0.05, 0.1) is 4.90 Å². The molecule has 0 bridgehead atoms. The van der Waals surface area contributed by atoms with E-state index in [0.29, 0.717) is 11.1 Å². The molecule has 0 atom stereocenters. The molecule has 0 amide bonds. The van der Waals surface area contributed by atoms with E-state index in [2.05, 4.69) is 11.9 Å². The predicted octanol–water partition coefficient (Wildman–Crippen LogP) is 2.57. The van der Waals surface area contributed by atoms with Gasteiger partial charge in [0, 0.05) is 0 Å². The van der Waals surface area contributed by atoms with Gasteiger partial charge in [-0.25, -0.2) is 0 Å². The lowest BCUT2D eigenvalue weighted by Gasteiger charge is -2.07. The molecule has 0 aliphatic carbocycles. The summed E-state index contributed by atoms with van der Waals surface area (Å²) in [4.78, 5) is 2.39. The van der Waals surface area contributed by atoms with Gasteiger partial charge in [0.15, 0.2) is 0 Å². The maximum Gasteiger partial charge on any atom is 0.295 e. The van der Waals surface area contributed by atoms with Gasteiger partial charge in [0.1, 0.15) is 0 Å². The van der Waals surface area contributed by atoms with Crippen molar-refractivity contribution in [2.45, 2.75) is 38.5 Å². The Bertz CT molecular complexity index is 509. The lowest BCUT2D eigenvalue weighted by Crippen LogP contribution is -2.10. The van der Waals surface area contributed by atoms with Crippen molar-refractivity contribution in [1.82, 2.24) is 4.90 Å². The first-order chi connectivity index (χ1) is 8.71. The highest BCUT2D eigenvalue weighted by Gasteiger charge is 2.15. The summed E-state index contributed by atoms with van der Waals surface area (Å²) in [6.07, 6.45) is 2.83. The van der Waals surface area contributed by atoms with Gasteiger partial charge in [-0.1, -0.05) is 17.7 Å². The largest absolute Gasteiger partial charge is 0.306 e. The average molecular weight is 285 g/mol. The number of hydrogen-bond acceptors (Lipinski definition) is 3. The summed E-state index contributed by atoms with van der Waals surface area (Å²) < 4.78 is 30.8. The Hall–Kier alpha value is -0.910. The van der Waals surface area contributed by atoms with Crippen LogP contribution in [-0.4, -0.2) is 38.0 Å². The molecule has 0 spiro atoms. The van der Waals surface area contributed by atoms with E-state index >= 15 is 0 Å². The topological polar surface area (TPSA) is 57.6 Å². The summed E-state index contributed by atoms with van der Waals surface area (Å²) >= 11 is 0. The molecule has 0 saturated carbocycles. The molecule has 1 aromatic carbocycles. The zero-order valence-electron chi connectivity index (χ0n) is 12.1. The van der Waals surface area contributed by atoms with Crippen LogP contribution in [0.25, 0.3) is 0 Å². The lowest BCUT2D eigenvalue weighted by atomic mass is 10.1. The average Bonchev–Trinajstić information content (AvgIpc) is 2.65. The van der Waals surface area contributed by atoms with Crippen molar-refractivity contribution in [3.05, 3.63) is 28.8 Å². The normalized spacial score (nSPS) is 16.1. The molecule has 1 N–H and O–H groups in total. The quantitative estimate of drug-likeness (QED) is 0.806. The second kappa shape index (κ2) is 6.50. The summed E-state index contributed by atoms with van der Waals surface area (Å²) in [7, 11) is -1.91. The van der Waals surface area contributed by atoms with E-state index in [1.54, 1.807) is 26.0 Å². The molecule has 2 rings (SSSR count). The standard InChI is InChI=1S/C9H12O3S.C5H11N/c1-6-4-7(2)9(8(3)5-6)13(10,11)12;1-6-4-2-3-5-6/h4-5H,1-3H3,(H,10,11,12);2-5H2,1H3. The maximum atomic E-state index is 10.9. The van der Waals surface area contributed by atoms with Crippen molar-refractivity contribution in [1.29, 1.82) is 0 Å². The molecule has 1 aliphatic rings. The third-order valence-electron chi connectivity index (χ3n) is 3.19. The van der Waals surface area contributed by atoms with Crippen molar-refractivity contribution in [3.8, 4) is 0 Å². The molecule has 1 saturated heterocycles. The van der Waals surface area contributed by atoms with Crippen molar-refractivity contribution in [2.24, 2.45) is 0 Å². The summed E-state index contributed by atoms with van der Waals surface area (Å²) in [5.74, 6) is 0. The van der Waals surface area contributed by atoms with Crippen LogP contribution in [-0.2, 0) is 10.1 Å². The van der Waals surface area contributed by atoms with Gasteiger partial charge in [-0.15, -0.1) is 0 Å². The van der Waals surface area contributed by atoms with Gasteiger partial charge in [-0.05, 0) is 64.9 Å². The molecule has 5 heteroatoms. The number of nitrogens with zero attached hydrogens (tertiary/aromatic N) is 1. The van der Waals surface area contributed by atoms with E-state index in [1.807, 2.05) is 6.92 Å². The van der Waals surface area contributed by atoms with Gasteiger partial charge in [0.25, 0.3) is 10.1 Å². The first-order valence-corrected chi connectivity index (χ1v) is 7.89. The van der Waals surface area contributed by atoms with Crippen LogP contribution in [0, 0.1) is 20.8 Å². The Kier molecular flexibility index (Phi) is 5.52. The molecule has 1 fully saturated rings. The minimum atomic E-state index is -4.08. The van der Waals surface area contributed by atoms with Crippen LogP contribution in [0.5, 0.6) is 0 Å². The Morgan fingerprint density at radius 1 is 1.05 bits per heavy atom. The molecule has 19 heavy (non-hydrogen) atoms. The minimum Gasteiger partial charge on any atom is -0.306 e. The van der Waals surface area contributed by atoms with Crippen LogP contribution >= 0.6 is 0 Å². The minimum absolute atomic E-state index is 0.0260. The predicted molar refractivity (Wildman–Crippen MR) is 77.2 cm³/mol. The number of aryl methyl sites for hydroxylation is 3. The van der Waals surface area contributed by atoms with Crippen molar-refractivity contribution < 1.29 is 13.0 Å². The highest BCUT2D eigenvalue weighted by molar-refractivity contribution is 7.86. The van der Waals surface area contributed by atoms with Gasteiger partial charge in [-0.3, -0.25) is 4.55 Å². The summed E-state index contributed by atoms with van der Waals surface area (Å²) in [6, 6.07) is 3.46. The fourth-order valence-corrected chi connectivity index (χ4v) is 3.38. The zero-order chi connectivity index (χ0) is 14.6. The maximum absolute atomic E-state index is 10.9. The van der Waals surface area contributed by atoms with Crippen LogP contribution in [0.1, 0.15) is 29.5 Å². The SMILES string of the molecule is CN1CCCC1.Cc1cc(C)c(S(=O)(=O)O)c(C)c1. The first kappa shape index (κ1) is 16.1. The van der Waals surface area contributed by atoms with E-state index in [-0.39, 0.29) is 4.90 Å². The van der Waals surface area contributed by atoms with Crippen LogP contribution < -0.4 is 0 Å². The third kappa shape index (κ3) is 4.93. The molecular weight excluding hydrogens is 262 g/mol. The van der Waals surface area contributed by atoms with Gasteiger partial charge in [-0.2, -0.15) is 8.42 Å². The Morgan fingerprint density at radius 3 is 1.74 bits per heavy atom. The number of likely N-dealkylation sites (tertiary alicyclic amines) is 1. The molecule has 1 aromatic rings. The second-order valence-electron chi connectivity index (χ2n) is 5.21. The van der Waals surface area contributed by atoms with E-state index in [0.717, 1.165) is 5.56 Å². The highest BCUT2D eigenvalue weighted by atomic mass is 32.2. The Morgan fingerprint density at radius 2 is 1.47 bits per heavy atom. The number of benzene rings is 1. The zero-order valence-corrected chi connectivity index (χ0v) is 12.9. The van der Waals surface area contributed by atoms with E-state index in [1.165, 1.54) is 25.9 Å². The van der Waals surface area contributed by atoms with E-state index < -0.39 is 10.1 Å². The van der Waals surface area contributed by atoms with Crippen LogP contribution in [0.15, 0.2) is 17.0 Å². The molecule has 4 nitrogen and oxygen atoms in total. The van der Waals surface area contributed by atoms with Gasteiger partial charge in [0.2, 0.25) is 0 Å². The molecule has 108 valence electrons. The lowest BCUT2D eigenvalue weighted by molar-refractivity contribution is 0.418. The van der Waals surface area contributed by atoms with Crippen molar-refractivity contribution >= 4 is 10.1 Å². The highest BCUT2D eigenvalue weighted by Crippen LogP contribution is 2.20. The molecular formula is C14H23NO3S. The monoisotopic (exact) mass is 285 g/mol. The molecule has 0 unspecified atom stereocenters. The van der Waals surface area contributed by atoms with Crippen LogP contribution in [0.3, 0.4) is 0 Å². The third-order valence-corrected chi connectivity index (χ3v) is 4.35. The fraction of sp³-hybridized carbons (Fsp3) is 0.571. The molecule has 1 aliphatic heterocycles. The molecule has 1 heterocycles. The first-order valence-electron chi connectivity index (χ1n) is 6.45. The molecule has 0 radical (unpaired) electrons. The number of hydrogen-bond donors (Lipinski definition) is 1. The van der Waals surface area contributed by atoms with Crippen molar-refractivity contribution in [3.63, 3.8) is 0 Å². The molecule has 0 aromatic heterocycles. The summed E-state index contributed by atoms with van der Waals surface area (Å²) in [6.45, 7) is 7.86.